The van der Waals surface area contributed by atoms with Gasteiger partial charge in [-0.25, -0.2) is 4.98 Å². The fourth-order valence-corrected chi connectivity index (χ4v) is 14.0. The highest BCUT2D eigenvalue weighted by Gasteiger charge is 2.72. The van der Waals surface area contributed by atoms with Crippen molar-refractivity contribution >= 4 is 44.9 Å². The molecule has 4 saturated carbocycles. The molecule has 2 heterocycles. The van der Waals surface area contributed by atoms with Gasteiger partial charge in [-0.3, -0.25) is 4.79 Å². The Hall–Kier alpha value is -2.11. The highest BCUT2D eigenvalue weighted by molar-refractivity contribution is 7.13. The lowest BCUT2D eigenvalue weighted by Crippen LogP contribution is -2.67. The SMILES string of the molecule is C=C(C)C1CC[C@]2(C(=O)Nc3nccs3)CC[C@]3(C)C(CCC4[C@@]5(C)Cc6c([nH]c7ccc(Cl)cc67)C(C)(C)C5CC[C@]43C)C12. The fraction of sp³-hybridized carbons (Fsp3) is 0.641. The Bertz CT molecular complexity index is 1710. The number of hydrogen-bond donors (Lipinski definition) is 2. The van der Waals surface area contributed by atoms with Gasteiger partial charge in [-0.05, 0) is 134 Å². The maximum Gasteiger partial charge on any atom is 0.232 e. The van der Waals surface area contributed by atoms with E-state index in [1.807, 2.05) is 11.4 Å². The van der Waals surface area contributed by atoms with E-state index < -0.39 is 0 Å². The Morgan fingerprint density at radius 3 is 2.56 bits per heavy atom. The second kappa shape index (κ2) is 9.72. The van der Waals surface area contributed by atoms with Gasteiger partial charge in [-0.15, -0.1) is 11.3 Å². The number of amides is 1. The van der Waals surface area contributed by atoms with Crippen molar-refractivity contribution in [3.05, 3.63) is 58.2 Å². The van der Waals surface area contributed by atoms with E-state index in [0.717, 1.165) is 42.3 Å². The van der Waals surface area contributed by atoms with E-state index in [4.69, 9.17) is 11.6 Å². The quantitative estimate of drug-likeness (QED) is 0.279. The number of rotatable bonds is 3. The molecule has 0 spiro atoms. The Labute approximate surface area is 278 Å². The molecular weight excluding hydrogens is 594 g/mol. The Kier molecular flexibility index (Phi) is 6.53. The molecule has 240 valence electrons. The zero-order valence-electron chi connectivity index (χ0n) is 28.0. The summed E-state index contributed by atoms with van der Waals surface area (Å²) < 4.78 is 0. The van der Waals surface area contributed by atoms with E-state index >= 15 is 0 Å². The molecule has 8 rings (SSSR count). The molecule has 1 aromatic carbocycles. The van der Waals surface area contributed by atoms with Crippen LogP contribution in [0.2, 0.25) is 5.02 Å². The highest BCUT2D eigenvalue weighted by Crippen LogP contribution is 2.77. The molecule has 0 aliphatic heterocycles. The van der Waals surface area contributed by atoms with Gasteiger partial charge in [-0.1, -0.05) is 58.4 Å². The van der Waals surface area contributed by atoms with Gasteiger partial charge in [0, 0.05) is 38.6 Å². The molecule has 6 heteroatoms. The number of aromatic amines is 1. The summed E-state index contributed by atoms with van der Waals surface area (Å²) in [6, 6.07) is 6.39. The number of anilines is 1. The van der Waals surface area contributed by atoms with Gasteiger partial charge >= 0.3 is 0 Å². The molecule has 5 aliphatic carbocycles. The standard InChI is InChI=1S/C39H50ClN3OS/c1-22(2)24-12-15-39(33(44)43-34-41-18-19-45-34)17-16-37(6)27(31(24)39)9-11-30-36(5)21-26-25-20-23(40)8-10-28(25)42-32(26)35(3,4)29(36)13-14-38(30,37)7/h8,10,18-20,24,27,29-31,42H,1,9,11-17,21H2,2-7H3,(H,41,43,44)/t24?,27?,29?,30?,31?,36-,37+,38+,39-/m0/s1. The Balaban J connectivity index is 1.20. The molecule has 3 aromatic rings. The number of aromatic nitrogens is 2. The monoisotopic (exact) mass is 643 g/mol. The minimum Gasteiger partial charge on any atom is -0.358 e. The summed E-state index contributed by atoms with van der Waals surface area (Å²) in [7, 11) is 0. The number of allylic oxidation sites excluding steroid dienone is 1. The topological polar surface area (TPSA) is 57.8 Å². The van der Waals surface area contributed by atoms with E-state index in [9.17, 15) is 4.79 Å². The molecule has 9 atom stereocenters. The van der Waals surface area contributed by atoms with Gasteiger partial charge < -0.3 is 10.3 Å². The van der Waals surface area contributed by atoms with Gasteiger partial charge in [0.15, 0.2) is 5.13 Å². The largest absolute Gasteiger partial charge is 0.358 e. The van der Waals surface area contributed by atoms with Crippen LogP contribution >= 0.6 is 22.9 Å². The number of benzene rings is 1. The lowest BCUT2D eigenvalue weighted by molar-refractivity contribution is -0.224. The minimum atomic E-state index is -0.325. The lowest BCUT2D eigenvalue weighted by atomic mass is 9.32. The smallest absolute Gasteiger partial charge is 0.232 e. The van der Waals surface area contributed by atoms with Crippen LogP contribution in [-0.2, 0) is 16.6 Å². The van der Waals surface area contributed by atoms with Crippen LogP contribution in [0, 0.1) is 51.2 Å². The van der Waals surface area contributed by atoms with Crippen LogP contribution < -0.4 is 5.32 Å². The van der Waals surface area contributed by atoms with E-state index in [-0.39, 0.29) is 33.0 Å². The second-order valence-electron chi connectivity index (χ2n) is 17.2. The normalized spacial score (nSPS) is 41.4. The molecule has 2 aromatic heterocycles. The highest BCUT2D eigenvalue weighted by atomic mass is 35.5. The summed E-state index contributed by atoms with van der Waals surface area (Å²) >= 11 is 8.11. The maximum atomic E-state index is 14.3. The lowest BCUT2D eigenvalue weighted by Gasteiger charge is -2.72. The number of nitrogens with zero attached hydrogens (tertiary/aromatic N) is 1. The average Bonchev–Trinajstić information content (AvgIpc) is 3.72. The van der Waals surface area contributed by atoms with E-state index in [1.165, 1.54) is 64.8 Å². The third-order valence-corrected chi connectivity index (χ3v) is 16.3. The first-order valence-corrected chi connectivity index (χ1v) is 18.7. The van der Waals surface area contributed by atoms with E-state index in [1.54, 1.807) is 6.20 Å². The summed E-state index contributed by atoms with van der Waals surface area (Å²) in [6.07, 6.45) is 12.1. The fourth-order valence-electron chi connectivity index (χ4n) is 13.3. The van der Waals surface area contributed by atoms with Crippen molar-refractivity contribution < 1.29 is 4.79 Å². The van der Waals surface area contributed by atoms with Crippen LogP contribution in [0.4, 0.5) is 5.13 Å². The number of nitrogens with one attached hydrogen (secondary N) is 2. The molecule has 1 amide bonds. The predicted molar refractivity (Wildman–Crippen MR) is 187 cm³/mol. The summed E-state index contributed by atoms with van der Waals surface area (Å²) in [4.78, 5) is 22.6. The van der Waals surface area contributed by atoms with Crippen molar-refractivity contribution in [2.75, 3.05) is 5.32 Å². The summed E-state index contributed by atoms with van der Waals surface area (Å²) in [5, 5.41) is 8.12. The molecule has 0 radical (unpaired) electrons. The minimum absolute atomic E-state index is 0.0685. The third kappa shape index (κ3) is 3.83. The van der Waals surface area contributed by atoms with E-state index in [2.05, 4.69) is 75.5 Å². The van der Waals surface area contributed by atoms with Crippen molar-refractivity contribution in [2.45, 2.75) is 105 Å². The maximum absolute atomic E-state index is 14.3. The Morgan fingerprint density at radius 1 is 1.02 bits per heavy atom. The molecule has 0 bridgehead atoms. The first-order chi connectivity index (χ1) is 21.3. The first kappa shape index (κ1) is 30.2. The zero-order valence-corrected chi connectivity index (χ0v) is 29.6. The van der Waals surface area contributed by atoms with Gasteiger partial charge in [0.2, 0.25) is 5.91 Å². The molecule has 4 nitrogen and oxygen atoms in total. The Morgan fingerprint density at radius 2 is 1.82 bits per heavy atom. The number of hydrogen-bond acceptors (Lipinski definition) is 3. The van der Waals surface area contributed by atoms with Crippen LogP contribution in [0.25, 0.3) is 10.9 Å². The number of carbonyl (C=O) groups is 1. The van der Waals surface area contributed by atoms with Crippen molar-refractivity contribution in [2.24, 2.45) is 51.2 Å². The predicted octanol–water partition coefficient (Wildman–Crippen LogP) is 10.6. The third-order valence-electron chi connectivity index (χ3n) is 15.4. The van der Waals surface area contributed by atoms with Crippen molar-refractivity contribution in [1.29, 1.82) is 0 Å². The molecular formula is C39H50ClN3OS. The first-order valence-electron chi connectivity index (χ1n) is 17.4. The van der Waals surface area contributed by atoms with Gasteiger partial charge in [0.25, 0.3) is 0 Å². The number of halogens is 1. The number of H-pyrrole nitrogens is 1. The van der Waals surface area contributed by atoms with Crippen molar-refractivity contribution in [1.82, 2.24) is 9.97 Å². The molecule has 2 N–H and O–H groups in total. The van der Waals surface area contributed by atoms with Crippen LogP contribution in [0.15, 0.2) is 41.9 Å². The molecule has 4 fully saturated rings. The van der Waals surface area contributed by atoms with Crippen LogP contribution in [0.5, 0.6) is 0 Å². The van der Waals surface area contributed by atoms with Crippen molar-refractivity contribution in [3.63, 3.8) is 0 Å². The summed E-state index contributed by atoms with van der Waals surface area (Å²) in [5.74, 6) is 2.77. The van der Waals surface area contributed by atoms with Gasteiger partial charge in [0.1, 0.15) is 0 Å². The van der Waals surface area contributed by atoms with Crippen LogP contribution in [-0.4, -0.2) is 15.9 Å². The average molecular weight is 644 g/mol. The molecule has 0 saturated heterocycles. The molecule has 5 unspecified atom stereocenters. The van der Waals surface area contributed by atoms with E-state index in [0.29, 0.717) is 29.6 Å². The number of fused-ring (bicyclic) bond motifs is 10. The van der Waals surface area contributed by atoms with Crippen LogP contribution in [0.3, 0.4) is 0 Å². The van der Waals surface area contributed by atoms with Crippen LogP contribution in [0.1, 0.15) is 104 Å². The molecule has 45 heavy (non-hydrogen) atoms. The number of carbonyl (C=O) groups excluding carboxylic acids is 1. The number of thiazole rings is 1. The van der Waals surface area contributed by atoms with Crippen molar-refractivity contribution in [3.8, 4) is 0 Å². The molecule has 5 aliphatic rings. The summed E-state index contributed by atoms with van der Waals surface area (Å²) in [5.41, 5.74) is 5.80. The second-order valence-corrected chi connectivity index (χ2v) is 18.5. The zero-order chi connectivity index (χ0) is 31.7. The van der Waals surface area contributed by atoms with Gasteiger partial charge in [-0.2, -0.15) is 0 Å². The summed E-state index contributed by atoms with van der Waals surface area (Å²) in [6.45, 7) is 19.8. The van der Waals surface area contributed by atoms with Gasteiger partial charge in [0.05, 0.1) is 5.41 Å².